The van der Waals surface area contributed by atoms with Crippen molar-refractivity contribution in [2.45, 2.75) is 6.92 Å². The Balaban J connectivity index is 1.53. The fourth-order valence-corrected chi connectivity index (χ4v) is 2.44. The molecule has 0 radical (unpaired) electrons. The molecule has 7 heteroatoms. The number of methoxy groups -OCH3 is 1. The normalized spacial score (nSPS) is 10.4. The van der Waals surface area contributed by atoms with Gasteiger partial charge in [0.1, 0.15) is 18.1 Å². The van der Waals surface area contributed by atoms with Gasteiger partial charge in [0.05, 0.1) is 31.1 Å². The van der Waals surface area contributed by atoms with Crippen LogP contribution in [-0.2, 0) is 0 Å². The average Bonchev–Trinajstić information content (AvgIpc) is 3.07. The van der Waals surface area contributed by atoms with Gasteiger partial charge in [-0.05, 0) is 43.3 Å². The first-order chi connectivity index (χ1) is 12.7. The molecule has 3 aromatic rings. The number of carbonyl (C=O) groups is 1. The van der Waals surface area contributed by atoms with Gasteiger partial charge in [0.2, 0.25) is 0 Å². The number of pyridine rings is 1. The van der Waals surface area contributed by atoms with Gasteiger partial charge in [-0.1, -0.05) is 6.07 Å². The van der Waals surface area contributed by atoms with Crippen molar-refractivity contribution in [2.75, 3.05) is 20.3 Å². The van der Waals surface area contributed by atoms with Gasteiger partial charge in [0.25, 0.3) is 5.91 Å². The molecule has 0 aliphatic rings. The summed E-state index contributed by atoms with van der Waals surface area (Å²) in [6.07, 6.45) is 3.23. The number of nitrogens with one attached hydrogen (secondary N) is 1. The monoisotopic (exact) mass is 352 g/mol. The standard InChI is InChI=1S/C19H20N4O3/c1-14-17(13-22-23(14)18-5-3-4-10-20-18)19(24)21-11-12-26-16-8-6-15(25-2)7-9-16/h3-10,13H,11-12H2,1-2H3,(H,21,24). The number of rotatable bonds is 7. The smallest absolute Gasteiger partial charge is 0.254 e. The molecule has 1 N–H and O–H groups in total. The van der Waals surface area contributed by atoms with E-state index in [9.17, 15) is 4.79 Å². The fraction of sp³-hybridized carbons (Fsp3) is 0.211. The highest BCUT2D eigenvalue weighted by atomic mass is 16.5. The molecule has 1 aromatic carbocycles. The van der Waals surface area contributed by atoms with E-state index < -0.39 is 0 Å². The summed E-state index contributed by atoms with van der Waals surface area (Å²) < 4.78 is 12.3. The van der Waals surface area contributed by atoms with Crippen LogP contribution in [0.3, 0.4) is 0 Å². The minimum Gasteiger partial charge on any atom is -0.497 e. The van der Waals surface area contributed by atoms with Crippen LogP contribution in [0.2, 0.25) is 0 Å². The van der Waals surface area contributed by atoms with E-state index in [1.54, 1.807) is 24.2 Å². The molecule has 0 aliphatic carbocycles. The second-order valence-electron chi connectivity index (χ2n) is 5.52. The van der Waals surface area contributed by atoms with E-state index in [2.05, 4.69) is 15.4 Å². The maximum atomic E-state index is 12.3. The first-order valence-electron chi connectivity index (χ1n) is 8.20. The summed E-state index contributed by atoms with van der Waals surface area (Å²) in [7, 11) is 1.61. The summed E-state index contributed by atoms with van der Waals surface area (Å²) >= 11 is 0. The Kier molecular flexibility index (Phi) is 5.48. The van der Waals surface area contributed by atoms with Gasteiger partial charge in [0.15, 0.2) is 5.82 Å². The van der Waals surface area contributed by atoms with Crippen molar-refractivity contribution >= 4 is 5.91 Å². The molecular formula is C19H20N4O3. The quantitative estimate of drug-likeness (QED) is 0.661. The Morgan fingerprint density at radius 3 is 2.62 bits per heavy atom. The van der Waals surface area contributed by atoms with E-state index in [1.165, 1.54) is 0 Å². The molecule has 26 heavy (non-hydrogen) atoms. The topological polar surface area (TPSA) is 78.3 Å². The molecular weight excluding hydrogens is 332 g/mol. The minimum atomic E-state index is -0.192. The van der Waals surface area contributed by atoms with Crippen molar-refractivity contribution in [1.82, 2.24) is 20.1 Å². The molecule has 3 rings (SSSR count). The van der Waals surface area contributed by atoms with Gasteiger partial charge >= 0.3 is 0 Å². The van der Waals surface area contributed by atoms with Gasteiger partial charge in [-0.2, -0.15) is 5.10 Å². The lowest BCUT2D eigenvalue weighted by molar-refractivity contribution is 0.0946. The number of hydrogen-bond acceptors (Lipinski definition) is 5. The lowest BCUT2D eigenvalue weighted by Gasteiger charge is -2.08. The second-order valence-corrected chi connectivity index (χ2v) is 5.52. The highest BCUT2D eigenvalue weighted by Crippen LogP contribution is 2.16. The van der Waals surface area contributed by atoms with Crippen LogP contribution in [0.4, 0.5) is 0 Å². The highest BCUT2D eigenvalue weighted by Gasteiger charge is 2.15. The Morgan fingerprint density at radius 1 is 1.15 bits per heavy atom. The Morgan fingerprint density at radius 2 is 1.92 bits per heavy atom. The molecule has 0 fully saturated rings. The van der Waals surface area contributed by atoms with Crippen molar-refractivity contribution in [1.29, 1.82) is 0 Å². The average molecular weight is 352 g/mol. The third-order valence-electron chi connectivity index (χ3n) is 3.84. The zero-order valence-corrected chi connectivity index (χ0v) is 14.7. The predicted molar refractivity (Wildman–Crippen MR) is 96.9 cm³/mol. The molecule has 0 aliphatic heterocycles. The third-order valence-corrected chi connectivity index (χ3v) is 3.84. The summed E-state index contributed by atoms with van der Waals surface area (Å²) in [4.78, 5) is 16.6. The van der Waals surface area contributed by atoms with Crippen molar-refractivity contribution in [3.8, 4) is 17.3 Å². The van der Waals surface area contributed by atoms with Gasteiger partial charge in [-0.3, -0.25) is 4.79 Å². The SMILES string of the molecule is COc1ccc(OCCNC(=O)c2cnn(-c3ccccn3)c2C)cc1. The van der Waals surface area contributed by atoms with Crippen molar-refractivity contribution in [3.63, 3.8) is 0 Å². The van der Waals surface area contributed by atoms with Crippen LogP contribution >= 0.6 is 0 Å². The third kappa shape index (κ3) is 4.00. The second kappa shape index (κ2) is 8.15. The molecule has 0 spiro atoms. The summed E-state index contributed by atoms with van der Waals surface area (Å²) in [5.74, 6) is 1.97. The Hall–Kier alpha value is -3.35. The summed E-state index contributed by atoms with van der Waals surface area (Å²) in [5.41, 5.74) is 1.25. The van der Waals surface area contributed by atoms with Crippen LogP contribution in [-0.4, -0.2) is 40.9 Å². The summed E-state index contributed by atoms with van der Waals surface area (Å²) in [6, 6.07) is 12.8. The molecule has 1 amide bonds. The summed E-state index contributed by atoms with van der Waals surface area (Å²) in [6.45, 7) is 2.59. The van der Waals surface area contributed by atoms with Crippen molar-refractivity contribution in [2.24, 2.45) is 0 Å². The highest BCUT2D eigenvalue weighted by molar-refractivity contribution is 5.95. The molecule has 0 atom stereocenters. The fourth-order valence-electron chi connectivity index (χ4n) is 2.44. The number of hydrogen-bond donors (Lipinski definition) is 1. The maximum Gasteiger partial charge on any atom is 0.254 e. The number of carbonyl (C=O) groups excluding carboxylic acids is 1. The number of nitrogens with zero attached hydrogens (tertiary/aromatic N) is 3. The lowest BCUT2D eigenvalue weighted by atomic mass is 10.2. The van der Waals surface area contributed by atoms with Crippen LogP contribution in [0.25, 0.3) is 5.82 Å². The van der Waals surface area contributed by atoms with Crippen molar-refractivity contribution in [3.05, 3.63) is 66.1 Å². The van der Waals surface area contributed by atoms with Gasteiger partial charge in [-0.25, -0.2) is 9.67 Å². The zero-order valence-electron chi connectivity index (χ0n) is 14.7. The number of ether oxygens (including phenoxy) is 2. The predicted octanol–water partition coefficient (Wildman–Crippen LogP) is 2.39. The largest absolute Gasteiger partial charge is 0.497 e. The molecule has 0 unspecified atom stereocenters. The molecule has 0 bridgehead atoms. The van der Waals surface area contributed by atoms with Gasteiger partial charge in [-0.15, -0.1) is 0 Å². The molecule has 0 saturated heterocycles. The minimum absolute atomic E-state index is 0.192. The first-order valence-corrected chi connectivity index (χ1v) is 8.20. The van der Waals surface area contributed by atoms with Crippen LogP contribution in [0, 0.1) is 6.92 Å². The lowest BCUT2D eigenvalue weighted by Crippen LogP contribution is -2.28. The van der Waals surface area contributed by atoms with Crippen LogP contribution in [0.1, 0.15) is 16.1 Å². The van der Waals surface area contributed by atoms with E-state index in [0.717, 1.165) is 17.2 Å². The maximum absolute atomic E-state index is 12.3. The van der Waals surface area contributed by atoms with Crippen molar-refractivity contribution < 1.29 is 14.3 Å². The number of aromatic nitrogens is 3. The Bertz CT molecular complexity index is 860. The van der Waals surface area contributed by atoms with Crippen LogP contribution in [0.5, 0.6) is 11.5 Å². The first kappa shape index (κ1) is 17.5. The molecule has 134 valence electrons. The molecule has 2 aromatic heterocycles. The summed E-state index contributed by atoms with van der Waals surface area (Å²) in [5, 5.41) is 7.08. The molecule has 2 heterocycles. The van der Waals surface area contributed by atoms with E-state index in [1.807, 2.05) is 49.4 Å². The molecule has 7 nitrogen and oxygen atoms in total. The Labute approximate surface area is 151 Å². The van der Waals surface area contributed by atoms with Gasteiger partial charge < -0.3 is 14.8 Å². The zero-order chi connectivity index (χ0) is 18.4. The van der Waals surface area contributed by atoms with Crippen LogP contribution in [0.15, 0.2) is 54.9 Å². The van der Waals surface area contributed by atoms with E-state index in [0.29, 0.717) is 24.5 Å². The van der Waals surface area contributed by atoms with E-state index >= 15 is 0 Å². The molecule has 0 saturated carbocycles. The number of benzene rings is 1. The van der Waals surface area contributed by atoms with Crippen LogP contribution < -0.4 is 14.8 Å². The van der Waals surface area contributed by atoms with Gasteiger partial charge in [0, 0.05) is 6.20 Å². The van der Waals surface area contributed by atoms with E-state index in [-0.39, 0.29) is 5.91 Å². The van der Waals surface area contributed by atoms with E-state index in [4.69, 9.17) is 9.47 Å². The number of amides is 1.